The van der Waals surface area contributed by atoms with Crippen molar-refractivity contribution in [2.24, 2.45) is 5.92 Å². The Hall–Kier alpha value is -2.64. The van der Waals surface area contributed by atoms with E-state index in [1.807, 2.05) is 25.1 Å². The van der Waals surface area contributed by atoms with E-state index >= 15 is 0 Å². The molecular weight excluding hydrogens is 381 g/mol. The van der Waals surface area contributed by atoms with E-state index in [-0.39, 0.29) is 23.7 Å². The van der Waals surface area contributed by atoms with Crippen molar-refractivity contribution in [2.75, 3.05) is 18.0 Å². The summed E-state index contributed by atoms with van der Waals surface area (Å²) in [6.45, 7) is 2.98. The molecule has 1 unspecified atom stereocenters. The second kappa shape index (κ2) is 9.24. The number of halogens is 3. The van der Waals surface area contributed by atoms with Crippen molar-refractivity contribution in [1.29, 1.82) is 0 Å². The van der Waals surface area contributed by atoms with Gasteiger partial charge in [-0.15, -0.1) is 0 Å². The summed E-state index contributed by atoms with van der Waals surface area (Å²) in [5, 5.41) is 3.07. The van der Waals surface area contributed by atoms with Crippen LogP contribution in [0, 0.1) is 5.92 Å². The van der Waals surface area contributed by atoms with Gasteiger partial charge in [0.1, 0.15) is 17.8 Å². The fourth-order valence-corrected chi connectivity index (χ4v) is 3.51. The molecule has 1 aromatic heterocycles. The maximum absolute atomic E-state index is 12.8. The van der Waals surface area contributed by atoms with Crippen LogP contribution in [-0.4, -0.2) is 35.0 Å². The number of rotatable bonds is 6. The Kier molecular flexibility index (Phi) is 6.71. The van der Waals surface area contributed by atoms with Crippen LogP contribution in [0.15, 0.2) is 42.7 Å². The van der Waals surface area contributed by atoms with E-state index in [9.17, 15) is 18.0 Å². The topological polar surface area (TPSA) is 58.1 Å². The van der Waals surface area contributed by atoms with Crippen LogP contribution in [0.1, 0.15) is 37.4 Å². The number of nitrogens with one attached hydrogen (secondary N) is 1. The molecule has 1 fully saturated rings. The summed E-state index contributed by atoms with van der Waals surface area (Å²) in [6.07, 6.45) is -0.631. The number of hydrogen-bond donors (Lipinski definition) is 1. The molecule has 0 radical (unpaired) electrons. The Bertz CT molecular complexity index is 805. The molecule has 8 heteroatoms. The van der Waals surface area contributed by atoms with Crippen LogP contribution < -0.4 is 10.2 Å². The molecule has 1 aliphatic rings. The molecule has 2 heterocycles. The molecule has 156 valence electrons. The number of carbonyl (C=O) groups is 1. The molecule has 2 aromatic rings. The van der Waals surface area contributed by atoms with Crippen molar-refractivity contribution in [3.8, 4) is 0 Å². The Morgan fingerprint density at radius 2 is 1.90 bits per heavy atom. The number of anilines is 1. The smallest absolute Gasteiger partial charge is 0.356 e. The van der Waals surface area contributed by atoms with Crippen molar-refractivity contribution in [3.63, 3.8) is 0 Å². The van der Waals surface area contributed by atoms with Gasteiger partial charge in [-0.3, -0.25) is 4.79 Å². The third-order valence-corrected chi connectivity index (χ3v) is 5.23. The first-order valence-electron chi connectivity index (χ1n) is 9.81. The Labute approximate surface area is 168 Å². The van der Waals surface area contributed by atoms with Crippen LogP contribution in [-0.2, 0) is 17.4 Å². The third-order valence-electron chi connectivity index (χ3n) is 5.23. The first-order valence-corrected chi connectivity index (χ1v) is 9.81. The molecule has 1 aromatic carbocycles. The maximum atomic E-state index is 12.8. The van der Waals surface area contributed by atoms with Gasteiger partial charge in [0.25, 0.3) is 0 Å². The van der Waals surface area contributed by atoms with Crippen molar-refractivity contribution in [1.82, 2.24) is 15.3 Å². The number of hydrogen-bond acceptors (Lipinski definition) is 4. The molecule has 1 N–H and O–H groups in total. The molecule has 1 amide bonds. The summed E-state index contributed by atoms with van der Waals surface area (Å²) < 4.78 is 38.5. The second-order valence-electron chi connectivity index (χ2n) is 7.45. The number of amides is 1. The fraction of sp³-hybridized carbons (Fsp3) is 0.476. The minimum Gasteiger partial charge on any atom is -0.356 e. The molecule has 3 rings (SSSR count). The van der Waals surface area contributed by atoms with E-state index in [1.54, 1.807) is 4.90 Å². The number of aromatic nitrogens is 2. The number of piperidine rings is 1. The fourth-order valence-electron chi connectivity index (χ4n) is 3.51. The minimum atomic E-state index is -4.49. The van der Waals surface area contributed by atoms with Gasteiger partial charge in [-0.05, 0) is 38.2 Å². The SMILES string of the molecule is CC(CCc1ccccc1)NC(=O)C1CCN(c2cc(C(F)(F)F)ncn2)CC1. The van der Waals surface area contributed by atoms with Gasteiger partial charge < -0.3 is 10.2 Å². The maximum Gasteiger partial charge on any atom is 0.433 e. The van der Waals surface area contributed by atoms with E-state index in [4.69, 9.17) is 0 Å². The Balaban J connectivity index is 1.47. The highest BCUT2D eigenvalue weighted by atomic mass is 19.4. The third kappa shape index (κ3) is 5.92. The summed E-state index contributed by atoms with van der Waals surface area (Å²) >= 11 is 0. The van der Waals surface area contributed by atoms with E-state index in [2.05, 4.69) is 27.4 Å². The lowest BCUT2D eigenvalue weighted by Gasteiger charge is -2.32. The molecule has 0 bridgehead atoms. The molecule has 0 aliphatic carbocycles. The lowest BCUT2D eigenvalue weighted by Crippen LogP contribution is -2.43. The highest BCUT2D eigenvalue weighted by Crippen LogP contribution is 2.30. The number of alkyl halides is 3. The van der Waals surface area contributed by atoms with Gasteiger partial charge in [-0.1, -0.05) is 30.3 Å². The standard InChI is InChI=1S/C21H25F3N4O/c1-15(7-8-16-5-3-2-4-6-16)27-20(29)17-9-11-28(12-10-17)19-13-18(21(22,23)24)25-14-26-19/h2-6,13-15,17H,7-12H2,1H3,(H,27,29). The van der Waals surface area contributed by atoms with Gasteiger partial charge in [-0.2, -0.15) is 13.2 Å². The van der Waals surface area contributed by atoms with Gasteiger partial charge in [-0.25, -0.2) is 9.97 Å². The Morgan fingerprint density at radius 3 is 2.55 bits per heavy atom. The molecule has 29 heavy (non-hydrogen) atoms. The van der Waals surface area contributed by atoms with E-state index in [0.29, 0.717) is 25.9 Å². The highest BCUT2D eigenvalue weighted by Gasteiger charge is 2.34. The first-order chi connectivity index (χ1) is 13.8. The molecule has 0 spiro atoms. The molecule has 1 saturated heterocycles. The summed E-state index contributed by atoms with van der Waals surface area (Å²) in [7, 11) is 0. The average Bonchev–Trinajstić information content (AvgIpc) is 2.72. The number of aryl methyl sites for hydroxylation is 1. The summed E-state index contributed by atoms with van der Waals surface area (Å²) in [5.74, 6) is 0.139. The molecule has 1 atom stereocenters. The van der Waals surface area contributed by atoms with Gasteiger partial charge >= 0.3 is 6.18 Å². The number of benzene rings is 1. The molecule has 1 aliphatic heterocycles. The van der Waals surface area contributed by atoms with Crippen LogP contribution in [0.3, 0.4) is 0 Å². The molecular formula is C21H25F3N4O. The lowest BCUT2D eigenvalue weighted by atomic mass is 9.95. The van der Waals surface area contributed by atoms with Crippen LogP contribution in [0.5, 0.6) is 0 Å². The van der Waals surface area contributed by atoms with E-state index in [0.717, 1.165) is 25.2 Å². The summed E-state index contributed by atoms with van der Waals surface area (Å²) in [4.78, 5) is 21.6. The van der Waals surface area contributed by atoms with Gasteiger partial charge in [0.2, 0.25) is 5.91 Å². The predicted octanol–water partition coefficient (Wildman–Crippen LogP) is 3.85. The Morgan fingerprint density at radius 1 is 1.21 bits per heavy atom. The lowest BCUT2D eigenvalue weighted by molar-refractivity contribution is -0.141. The number of nitrogens with zero attached hydrogens (tertiary/aromatic N) is 3. The zero-order valence-electron chi connectivity index (χ0n) is 16.3. The minimum absolute atomic E-state index is 0.0175. The molecule has 5 nitrogen and oxygen atoms in total. The summed E-state index contributed by atoms with van der Waals surface area (Å²) in [6, 6.07) is 11.2. The zero-order chi connectivity index (χ0) is 20.9. The first kappa shape index (κ1) is 21.1. The largest absolute Gasteiger partial charge is 0.433 e. The second-order valence-corrected chi connectivity index (χ2v) is 7.45. The van der Waals surface area contributed by atoms with Crippen molar-refractivity contribution in [2.45, 2.75) is 44.8 Å². The monoisotopic (exact) mass is 406 g/mol. The number of carbonyl (C=O) groups excluding carboxylic acids is 1. The van der Waals surface area contributed by atoms with Gasteiger partial charge in [0.15, 0.2) is 0 Å². The molecule has 0 saturated carbocycles. The van der Waals surface area contributed by atoms with Gasteiger partial charge in [0, 0.05) is 31.1 Å². The normalized spacial score (nSPS) is 16.5. The summed E-state index contributed by atoms with van der Waals surface area (Å²) in [5.41, 5.74) is 0.291. The van der Waals surface area contributed by atoms with Crippen LogP contribution in [0.4, 0.5) is 19.0 Å². The van der Waals surface area contributed by atoms with Gasteiger partial charge in [0.05, 0.1) is 0 Å². The predicted molar refractivity (Wildman–Crippen MR) is 104 cm³/mol. The van der Waals surface area contributed by atoms with Crippen molar-refractivity contribution in [3.05, 3.63) is 54.0 Å². The van der Waals surface area contributed by atoms with Crippen LogP contribution in [0.2, 0.25) is 0 Å². The average molecular weight is 406 g/mol. The van der Waals surface area contributed by atoms with Crippen molar-refractivity contribution >= 4 is 11.7 Å². The quantitative estimate of drug-likeness (QED) is 0.792. The van der Waals surface area contributed by atoms with Crippen LogP contribution in [0.25, 0.3) is 0 Å². The van der Waals surface area contributed by atoms with Crippen molar-refractivity contribution < 1.29 is 18.0 Å². The highest BCUT2D eigenvalue weighted by molar-refractivity contribution is 5.79. The van der Waals surface area contributed by atoms with E-state index < -0.39 is 11.9 Å². The zero-order valence-corrected chi connectivity index (χ0v) is 16.3. The van der Waals surface area contributed by atoms with E-state index in [1.165, 1.54) is 5.56 Å². The van der Waals surface area contributed by atoms with Crippen LogP contribution >= 0.6 is 0 Å².